The molecule has 3 rings (SSSR count). The molecule has 2 aromatic carbocycles. The van der Waals surface area contributed by atoms with Crippen LogP contribution in [-0.2, 0) is 16.1 Å². The first kappa shape index (κ1) is 28.1. The van der Waals surface area contributed by atoms with E-state index in [1.165, 1.54) is 24.8 Å². The molecule has 0 radical (unpaired) electrons. The highest BCUT2D eigenvalue weighted by Gasteiger charge is 2.24. The lowest BCUT2D eigenvalue weighted by atomic mass is 9.91. The van der Waals surface area contributed by atoms with E-state index >= 15 is 0 Å². The Labute approximate surface area is 208 Å². The Morgan fingerprint density at radius 2 is 1.54 bits per heavy atom. The molecule has 1 aliphatic rings. The van der Waals surface area contributed by atoms with Crippen molar-refractivity contribution < 1.29 is 24.5 Å². The van der Waals surface area contributed by atoms with Crippen molar-refractivity contribution in [3.63, 3.8) is 0 Å². The van der Waals surface area contributed by atoms with Gasteiger partial charge in [-0.15, -0.1) is 0 Å². The number of carboxylic acid groups (broad SMARTS) is 2. The Morgan fingerprint density at radius 3 is 2.11 bits per heavy atom. The smallest absolute Gasteiger partial charge is 0.328 e. The molecule has 7 nitrogen and oxygen atoms in total. The van der Waals surface area contributed by atoms with E-state index in [1.54, 1.807) is 0 Å². The van der Waals surface area contributed by atoms with Gasteiger partial charge in [0, 0.05) is 30.3 Å². The summed E-state index contributed by atoms with van der Waals surface area (Å²) in [6.07, 6.45) is 4.78. The predicted molar refractivity (Wildman–Crippen MR) is 138 cm³/mol. The van der Waals surface area contributed by atoms with Crippen molar-refractivity contribution >= 4 is 11.9 Å². The summed E-state index contributed by atoms with van der Waals surface area (Å²) >= 11 is 0. The maximum absolute atomic E-state index is 9.55. The van der Waals surface area contributed by atoms with E-state index in [-0.39, 0.29) is 0 Å². The van der Waals surface area contributed by atoms with Crippen LogP contribution in [0, 0.1) is 5.41 Å². The maximum atomic E-state index is 9.55. The zero-order valence-electron chi connectivity index (χ0n) is 20.9. The first-order chi connectivity index (χ1) is 16.6. The average molecular weight is 483 g/mol. The van der Waals surface area contributed by atoms with Gasteiger partial charge in [0.1, 0.15) is 11.5 Å². The summed E-state index contributed by atoms with van der Waals surface area (Å²) in [5.41, 5.74) is 1.62. The lowest BCUT2D eigenvalue weighted by molar-refractivity contribution is -0.134. The molecular weight excluding hydrogens is 444 g/mol. The van der Waals surface area contributed by atoms with E-state index in [9.17, 15) is 9.59 Å². The van der Waals surface area contributed by atoms with Gasteiger partial charge in [0.2, 0.25) is 0 Å². The van der Waals surface area contributed by atoms with Crippen LogP contribution >= 0.6 is 0 Å². The molecule has 1 fully saturated rings. The minimum absolute atomic E-state index is 0.352. The first-order valence-corrected chi connectivity index (χ1v) is 12.0. The second-order valence-corrected chi connectivity index (χ2v) is 9.79. The van der Waals surface area contributed by atoms with Gasteiger partial charge in [0.25, 0.3) is 0 Å². The molecule has 2 aromatic rings. The molecule has 0 amide bonds. The number of aliphatic carboxylic acids is 2. The van der Waals surface area contributed by atoms with Crippen LogP contribution in [0.3, 0.4) is 0 Å². The van der Waals surface area contributed by atoms with Gasteiger partial charge >= 0.3 is 11.9 Å². The molecule has 0 spiro atoms. The first-order valence-electron chi connectivity index (χ1n) is 12.0. The van der Waals surface area contributed by atoms with Gasteiger partial charge in [0.05, 0.1) is 0 Å². The standard InChI is InChI=1S/C24H34N2O.C4H4O4/c1-24(2,3)15-18-26(21-13-16-25-17-14-21)19-20-9-7-8-12-23(20)27-22-10-5-4-6-11-22;5-3(6)1-2-4(7)8/h4-12,21,25H,13-19H2,1-3H3;1-2H,(H,5,6)(H,7,8)/b;2-1+. The minimum Gasteiger partial charge on any atom is -0.478 e. The van der Waals surface area contributed by atoms with Gasteiger partial charge in [-0.2, -0.15) is 0 Å². The van der Waals surface area contributed by atoms with Crippen LogP contribution in [-0.4, -0.2) is 52.7 Å². The van der Waals surface area contributed by atoms with Crippen LogP contribution in [0.25, 0.3) is 0 Å². The fraction of sp³-hybridized carbons (Fsp3) is 0.429. The monoisotopic (exact) mass is 482 g/mol. The van der Waals surface area contributed by atoms with Crippen molar-refractivity contribution in [2.24, 2.45) is 5.41 Å². The number of nitrogens with zero attached hydrogens (tertiary/aromatic N) is 1. The molecule has 0 bridgehead atoms. The third-order valence-electron chi connectivity index (χ3n) is 5.66. The van der Waals surface area contributed by atoms with Crippen molar-refractivity contribution in [3.8, 4) is 11.5 Å². The number of hydrogen-bond donors (Lipinski definition) is 3. The molecule has 0 saturated carbocycles. The number of piperidine rings is 1. The third kappa shape index (κ3) is 11.7. The van der Waals surface area contributed by atoms with E-state index in [1.807, 2.05) is 30.3 Å². The van der Waals surface area contributed by atoms with Crippen molar-refractivity contribution in [2.75, 3.05) is 19.6 Å². The quantitative estimate of drug-likeness (QED) is 0.424. The Bertz CT molecular complexity index is 931. The zero-order chi connectivity index (χ0) is 25.7. The highest BCUT2D eigenvalue weighted by atomic mass is 16.5. The maximum Gasteiger partial charge on any atom is 0.328 e. The zero-order valence-corrected chi connectivity index (χ0v) is 20.9. The van der Waals surface area contributed by atoms with Crippen LogP contribution in [0.4, 0.5) is 0 Å². The average Bonchev–Trinajstić information content (AvgIpc) is 2.82. The van der Waals surface area contributed by atoms with E-state index < -0.39 is 11.9 Å². The second-order valence-electron chi connectivity index (χ2n) is 9.79. The van der Waals surface area contributed by atoms with Gasteiger partial charge in [-0.3, -0.25) is 4.90 Å². The summed E-state index contributed by atoms with van der Waals surface area (Å²) in [6, 6.07) is 19.2. The molecule has 0 unspecified atom stereocenters. The van der Waals surface area contributed by atoms with Crippen molar-refractivity contribution in [1.29, 1.82) is 0 Å². The fourth-order valence-corrected chi connectivity index (χ4v) is 3.75. The lowest BCUT2D eigenvalue weighted by Crippen LogP contribution is -2.43. The summed E-state index contributed by atoms with van der Waals surface area (Å²) in [7, 11) is 0. The Kier molecular flexibility index (Phi) is 11.5. The topological polar surface area (TPSA) is 99.1 Å². The second kappa shape index (κ2) is 14.3. The normalized spacial score (nSPS) is 14.4. The Morgan fingerprint density at radius 1 is 0.971 bits per heavy atom. The predicted octanol–water partition coefficient (Wildman–Crippen LogP) is 5.18. The van der Waals surface area contributed by atoms with E-state index in [0.717, 1.165) is 37.7 Å². The Hall–Kier alpha value is -3.16. The highest BCUT2D eigenvalue weighted by Crippen LogP contribution is 2.29. The van der Waals surface area contributed by atoms with Gasteiger partial charge in [-0.05, 0) is 62.5 Å². The molecular formula is C28H38N2O5. The van der Waals surface area contributed by atoms with E-state index in [2.05, 4.69) is 55.3 Å². The van der Waals surface area contributed by atoms with Crippen molar-refractivity contribution in [1.82, 2.24) is 10.2 Å². The van der Waals surface area contributed by atoms with Crippen LogP contribution in [0.2, 0.25) is 0 Å². The molecule has 1 heterocycles. The van der Waals surface area contributed by atoms with Gasteiger partial charge in [-0.1, -0.05) is 57.2 Å². The largest absolute Gasteiger partial charge is 0.478 e. The summed E-state index contributed by atoms with van der Waals surface area (Å²) in [5, 5.41) is 19.1. The number of rotatable bonds is 9. The molecule has 7 heteroatoms. The molecule has 0 aromatic heterocycles. The summed E-state index contributed by atoms with van der Waals surface area (Å²) < 4.78 is 6.20. The van der Waals surface area contributed by atoms with E-state index in [4.69, 9.17) is 14.9 Å². The molecule has 190 valence electrons. The van der Waals surface area contributed by atoms with Crippen LogP contribution in [0.5, 0.6) is 11.5 Å². The number of carbonyl (C=O) groups is 2. The molecule has 1 saturated heterocycles. The number of benzene rings is 2. The number of nitrogens with one attached hydrogen (secondary N) is 1. The van der Waals surface area contributed by atoms with E-state index in [0.29, 0.717) is 23.6 Å². The number of carboxylic acids is 2. The van der Waals surface area contributed by atoms with Crippen LogP contribution in [0.1, 0.15) is 45.6 Å². The summed E-state index contributed by atoms with van der Waals surface area (Å²) in [6.45, 7) is 11.3. The SMILES string of the molecule is CC(C)(C)CCN(Cc1ccccc1Oc1ccccc1)C1CCNCC1.O=C(O)/C=C/C(=O)O. The molecule has 0 aliphatic carbocycles. The molecule has 0 atom stereocenters. The number of ether oxygens (including phenoxy) is 1. The minimum atomic E-state index is -1.26. The third-order valence-corrected chi connectivity index (χ3v) is 5.66. The van der Waals surface area contributed by atoms with Crippen molar-refractivity contribution in [2.45, 2.75) is 52.6 Å². The summed E-state index contributed by atoms with van der Waals surface area (Å²) in [5.74, 6) is -0.647. The number of para-hydroxylation sites is 2. The fourth-order valence-electron chi connectivity index (χ4n) is 3.75. The molecule has 1 aliphatic heterocycles. The van der Waals surface area contributed by atoms with Crippen LogP contribution in [0.15, 0.2) is 66.7 Å². The van der Waals surface area contributed by atoms with Gasteiger partial charge in [-0.25, -0.2) is 9.59 Å². The number of hydrogen-bond acceptors (Lipinski definition) is 5. The Balaban J connectivity index is 0.000000466. The lowest BCUT2D eigenvalue weighted by Gasteiger charge is -2.36. The van der Waals surface area contributed by atoms with Crippen LogP contribution < -0.4 is 10.1 Å². The summed E-state index contributed by atoms with van der Waals surface area (Å²) in [4.78, 5) is 21.8. The van der Waals surface area contributed by atoms with Crippen molar-refractivity contribution in [3.05, 3.63) is 72.3 Å². The van der Waals surface area contributed by atoms with Gasteiger partial charge < -0.3 is 20.3 Å². The van der Waals surface area contributed by atoms with Gasteiger partial charge in [0.15, 0.2) is 0 Å². The molecule has 3 N–H and O–H groups in total. The highest BCUT2D eigenvalue weighted by molar-refractivity contribution is 5.89. The molecule has 35 heavy (non-hydrogen) atoms.